The molecular formula is C14H22N2O. The van der Waals surface area contributed by atoms with Gasteiger partial charge < -0.3 is 10.0 Å². The second kappa shape index (κ2) is 5.52. The maximum atomic E-state index is 9.34. The van der Waals surface area contributed by atoms with Crippen LogP contribution in [-0.2, 0) is 6.42 Å². The van der Waals surface area contributed by atoms with Gasteiger partial charge in [-0.15, -0.1) is 0 Å². The van der Waals surface area contributed by atoms with E-state index in [1.165, 1.54) is 11.3 Å². The number of aryl methyl sites for hydroxylation is 1. The van der Waals surface area contributed by atoms with Crippen molar-refractivity contribution < 1.29 is 5.11 Å². The molecule has 1 aliphatic rings. The zero-order valence-corrected chi connectivity index (χ0v) is 10.8. The summed E-state index contributed by atoms with van der Waals surface area (Å²) in [5.74, 6) is 0. The minimum atomic E-state index is 0.236. The molecule has 2 rings (SSSR count). The van der Waals surface area contributed by atoms with Gasteiger partial charge in [0.2, 0.25) is 0 Å². The zero-order valence-electron chi connectivity index (χ0n) is 10.8. The van der Waals surface area contributed by atoms with Crippen LogP contribution in [0.15, 0.2) is 24.3 Å². The van der Waals surface area contributed by atoms with Crippen LogP contribution in [0.2, 0.25) is 0 Å². The summed E-state index contributed by atoms with van der Waals surface area (Å²) in [5.41, 5.74) is 2.65. The van der Waals surface area contributed by atoms with Gasteiger partial charge in [0.15, 0.2) is 0 Å². The lowest BCUT2D eigenvalue weighted by molar-refractivity contribution is 0.135. The molecule has 1 saturated heterocycles. The highest BCUT2D eigenvalue weighted by Crippen LogP contribution is 2.19. The first-order chi connectivity index (χ1) is 8.24. The van der Waals surface area contributed by atoms with E-state index < -0.39 is 0 Å². The molecule has 3 nitrogen and oxygen atoms in total. The third kappa shape index (κ3) is 2.79. The Labute approximate surface area is 104 Å². The molecule has 0 aromatic heterocycles. The Morgan fingerprint density at radius 2 is 1.94 bits per heavy atom. The molecule has 3 heteroatoms. The molecule has 1 N–H and O–H groups in total. The number of hydrogen-bond donors (Lipinski definition) is 1. The van der Waals surface area contributed by atoms with Crippen molar-refractivity contribution in [2.45, 2.75) is 19.4 Å². The quantitative estimate of drug-likeness (QED) is 0.855. The molecule has 0 aliphatic carbocycles. The molecular weight excluding hydrogens is 212 g/mol. The fourth-order valence-corrected chi connectivity index (χ4v) is 2.32. The number of likely N-dealkylation sites (N-methyl/N-ethyl adjacent to an activating group) is 1. The summed E-state index contributed by atoms with van der Waals surface area (Å²) in [4.78, 5) is 4.59. The van der Waals surface area contributed by atoms with Gasteiger partial charge >= 0.3 is 0 Å². The molecule has 1 fully saturated rings. The maximum absolute atomic E-state index is 9.34. The summed E-state index contributed by atoms with van der Waals surface area (Å²) < 4.78 is 0. The number of aliphatic hydroxyl groups excluding tert-OH is 1. The third-order valence-corrected chi connectivity index (χ3v) is 3.70. The molecule has 0 saturated carbocycles. The van der Waals surface area contributed by atoms with Crippen LogP contribution in [0.1, 0.15) is 12.5 Å². The highest BCUT2D eigenvalue weighted by atomic mass is 16.3. The van der Waals surface area contributed by atoms with Crippen LogP contribution < -0.4 is 4.90 Å². The van der Waals surface area contributed by atoms with Gasteiger partial charge in [-0.2, -0.15) is 0 Å². The molecule has 0 radical (unpaired) electrons. The average molecular weight is 234 g/mol. The largest absolute Gasteiger partial charge is 0.395 e. The molecule has 1 aromatic carbocycles. The van der Waals surface area contributed by atoms with Crippen LogP contribution in [0.25, 0.3) is 0 Å². The number of hydrogen-bond acceptors (Lipinski definition) is 3. The lowest BCUT2D eigenvalue weighted by Crippen LogP contribution is -2.53. The van der Waals surface area contributed by atoms with E-state index in [0.717, 1.165) is 26.1 Å². The maximum Gasteiger partial charge on any atom is 0.0604 e. The number of aliphatic hydroxyl groups is 1. The summed E-state index contributed by atoms with van der Waals surface area (Å²) in [6.07, 6.45) is 1.09. The first-order valence-corrected chi connectivity index (χ1v) is 6.39. The Morgan fingerprint density at radius 1 is 1.24 bits per heavy atom. The van der Waals surface area contributed by atoms with Crippen molar-refractivity contribution in [3.05, 3.63) is 29.8 Å². The fraction of sp³-hybridized carbons (Fsp3) is 0.571. The van der Waals surface area contributed by atoms with Crippen LogP contribution in [0, 0.1) is 0 Å². The molecule has 1 aromatic rings. The predicted molar refractivity (Wildman–Crippen MR) is 71.5 cm³/mol. The summed E-state index contributed by atoms with van der Waals surface area (Å²) in [5, 5.41) is 9.34. The van der Waals surface area contributed by atoms with Gasteiger partial charge in [-0.1, -0.05) is 19.1 Å². The van der Waals surface area contributed by atoms with Crippen LogP contribution >= 0.6 is 0 Å². The number of nitrogens with zero attached hydrogens (tertiary/aromatic N) is 2. The number of rotatable bonds is 3. The molecule has 17 heavy (non-hydrogen) atoms. The molecule has 1 heterocycles. The average Bonchev–Trinajstić information content (AvgIpc) is 2.39. The first kappa shape index (κ1) is 12.4. The van der Waals surface area contributed by atoms with Crippen LogP contribution in [0.4, 0.5) is 5.69 Å². The van der Waals surface area contributed by atoms with E-state index in [1.54, 1.807) is 0 Å². The van der Waals surface area contributed by atoms with Gasteiger partial charge in [0.1, 0.15) is 0 Å². The van der Waals surface area contributed by atoms with Crippen LogP contribution in [-0.4, -0.2) is 49.3 Å². The van der Waals surface area contributed by atoms with E-state index in [0.29, 0.717) is 0 Å². The predicted octanol–water partition coefficient (Wildman–Crippen LogP) is 1.36. The van der Waals surface area contributed by atoms with E-state index in [4.69, 9.17) is 0 Å². The second-order valence-corrected chi connectivity index (χ2v) is 4.78. The lowest BCUT2D eigenvalue weighted by Gasteiger charge is -2.39. The number of benzene rings is 1. The lowest BCUT2D eigenvalue weighted by atomic mass is 10.1. The Balaban J connectivity index is 2.06. The van der Waals surface area contributed by atoms with E-state index in [9.17, 15) is 5.11 Å². The molecule has 0 spiro atoms. The van der Waals surface area contributed by atoms with Crippen molar-refractivity contribution in [3.63, 3.8) is 0 Å². The second-order valence-electron chi connectivity index (χ2n) is 4.78. The summed E-state index contributed by atoms with van der Waals surface area (Å²) in [6.45, 7) is 5.38. The topological polar surface area (TPSA) is 26.7 Å². The van der Waals surface area contributed by atoms with Crippen molar-refractivity contribution in [2.24, 2.45) is 0 Å². The SMILES string of the molecule is CCc1ccc(N2CCN(C)C(CO)C2)cc1. The van der Waals surface area contributed by atoms with Crippen molar-refractivity contribution in [1.29, 1.82) is 0 Å². The standard InChI is InChI=1S/C14H22N2O/c1-3-12-4-6-13(7-5-12)16-9-8-15(2)14(10-16)11-17/h4-7,14,17H,3,8-11H2,1-2H3. The van der Waals surface area contributed by atoms with E-state index in [-0.39, 0.29) is 12.6 Å². The molecule has 1 unspecified atom stereocenters. The summed E-state index contributed by atoms with van der Waals surface area (Å²) >= 11 is 0. The van der Waals surface area contributed by atoms with Gasteiger partial charge in [0.05, 0.1) is 12.6 Å². The van der Waals surface area contributed by atoms with Crippen molar-refractivity contribution in [2.75, 3.05) is 38.2 Å². The fourth-order valence-electron chi connectivity index (χ4n) is 2.32. The molecule has 1 aliphatic heterocycles. The Morgan fingerprint density at radius 3 is 2.53 bits per heavy atom. The number of piperazine rings is 1. The highest BCUT2D eigenvalue weighted by molar-refractivity contribution is 5.48. The molecule has 0 bridgehead atoms. The Kier molecular flexibility index (Phi) is 4.02. The van der Waals surface area contributed by atoms with Crippen molar-refractivity contribution in [3.8, 4) is 0 Å². The summed E-state index contributed by atoms with van der Waals surface area (Å²) in [7, 11) is 2.08. The van der Waals surface area contributed by atoms with Gasteiger partial charge in [0, 0.05) is 25.3 Å². The van der Waals surface area contributed by atoms with E-state index >= 15 is 0 Å². The zero-order chi connectivity index (χ0) is 12.3. The minimum absolute atomic E-state index is 0.236. The molecule has 94 valence electrons. The van der Waals surface area contributed by atoms with E-state index in [2.05, 4.69) is 48.0 Å². The third-order valence-electron chi connectivity index (χ3n) is 3.70. The normalized spacial score (nSPS) is 21.8. The van der Waals surface area contributed by atoms with Gasteiger partial charge in [-0.05, 0) is 31.2 Å². The van der Waals surface area contributed by atoms with Crippen molar-refractivity contribution >= 4 is 5.69 Å². The minimum Gasteiger partial charge on any atom is -0.395 e. The van der Waals surface area contributed by atoms with Crippen molar-refractivity contribution in [1.82, 2.24) is 4.90 Å². The smallest absolute Gasteiger partial charge is 0.0604 e. The molecule has 1 atom stereocenters. The molecule has 0 amide bonds. The Hall–Kier alpha value is -1.06. The summed E-state index contributed by atoms with van der Waals surface area (Å²) in [6, 6.07) is 9.04. The van der Waals surface area contributed by atoms with Gasteiger partial charge in [-0.25, -0.2) is 0 Å². The Bertz CT molecular complexity index is 350. The van der Waals surface area contributed by atoms with Crippen LogP contribution in [0.5, 0.6) is 0 Å². The highest BCUT2D eigenvalue weighted by Gasteiger charge is 2.23. The van der Waals surface area contributed by atoms with Gasteiger partial charge in [-0.3, -0.25) is 4.90 Å². The first-order valence-electron chi connectivity index (χ1n) is 6.39. The monoisotopic (exact) mass is 234 g/mol. The van der Waals surface area contributed by atoms with Gasteiger partial charge in [0.25, 0.3) is 0 Å². The number of anilines is 1. The van der Waals surface area contributed by atoms with Crippen LogP contribution in [0.3, 0.4) is 0 Å². The van der Waals surface area contributed by atoms with E-state index in [1.807, 2.05) is 0 Å².